The van der Waals surface area contributed by atoms with Crippen molar-refractivity contribution in [1.29, 1.82) is 0 Å². The van der Waals surface area contributed by atoms with Crippen molar-refractivity contribution in [2.24, 2.45) is 5.73 Å². The molecule has 0 aliphatic carbocycles. The molecule has 0 radical (unpaired) electrons. The van der Waals surface area contributed by atoms with Crippen LogP contribution in [0.4, 0.5) is 14.9 Å². The molecule has 2 heterocycles. The van der Waals surface area contributed by atoms with Crippen molar-refractivity contribution in [3.05, 3.63) is 72.6 Å². The lowest BCUT2D eigenvalue weighted by Gasteiger charge is -2.15. The molecule has 0 spiro atoms. The van der Waals surface area contributed by atoms with Gasteiger partial charge in [-0.3, -0.25) is 9.69 Å². The van der Waals surface area contributed by atoms with Gasteiger partial charge < -0.3 is 20.4 Å². The Morgan fingerprint density at radius 3 is 2.75 bits per heavy atom. The van der Waals surface area contributed by atoms with Gasteiger partial charge in [-0.05, 0) is 29.3 Å². The fraction of sp³-hybridized carbons (Fsp3) is 0.261. The summed E-state index contributed by atoms with van der Waals surface area (Å²) in [5, 5.41) is 2.62. The highest BCUT2D eigenvalue weighted by molar-refractivity contribution is 5.90. The number of carbonyl (C=O) groups excluding carboxylic acids is 2. The monoisotopic (exact) mass is 437 g/mol. The Bertz CT molecular complexity index is 1100. The Hall–Kier alpha value is -3.72. The fourth-order valence-corrected chi connectivity index (χ4v) is 3.64. The van der Waals surface area contributed by atoms with Crippen molar-refractivity contribution in [3.63, 3.8) is 0 Å². The first-order chi connectivity index (χ1) is 15.4. The first kappa shape index (κ1) is 21.5. The van der Waals surface area contributed by atoms with E-state index in [2.05, 4.69) is 10.3 Å². The van der Waals surface area contributed by atoms with Gasteiger partial charge in [0.1, 0.15) is 11.9 Å². The Balaban J connectivity index is 1.45. The van der Waals surface area contributed by atoms with Crippen molar-refractivity contribution in [2.45, 2.75) is 25.6 Å². The maximum absolute atomic E-state index is 14.9. The van der Waals surface area contributed by atoms with Gasteiger partial charge in [-0.25, -0.2) is 14.2 Å². The number of hydrogen-bond acceptors (Lipinski definition) is 5. The molecule has 2 atom stereocenters. The normalized spacial score (nSPS) is 16.7. The lowest BCUT2D eigenvalue weighted by atomic mass is 10.00. The molecule has 1 fully saturated rings. The number of nitrogens with one attached hydrogen (secondary N) is 1. The van der Waals surface area contributed by atoms with Crippen LogP contribution in [0, 0.1) is 5.82 Å². The van der Waals surface area contributed by atoms with E-state index in [-0.39, 0.29) is 25.0 Å². The van der Waals surface area contributed by atoms with E-state index in [9.17, 15) is 14.0 Å². The summed E-state index contributed by atoms with van der Waals surface area (Å²) in [6.45, 7) is 2.44. The minimum absolute atomic E-state index is 0.205. The summed E-state index contributed by atoms with van der Waals surface area (Å²) in [7, 11) is 0. The highest BCUT2D eigenvalue weighted by Crippen LogP contribution is 2.30. The fourth-order valence-electron chi connectivity index (χ4n) is 3.64. The van der Waals surface area contributed by atoms with Crippen LogP contribution < -0.4 is 16.0 Å². The number of benzene rings is 2. The largest absolute Gasteiger partial charge is 0.442 e. The molecule has 9 heteroatoms. The number of rotatable bonds is 7. The van der Waals surface area contributed by atoms with Crippen LogP contribution in [0.15, 0.2) is 61.2 Å². The zero-order chi connectivity index (χ0) is 22.7. The minimum Gasteiger partial charge on any atom is -0.442 e. The molecule has 32 heavy (non-hydrogen) atoms. The topological polar surface area (TPSA) is 102 Å². The quantitative estimate of drug-likeness (QED) is 0.592. The van der Waals surface area contributed by atoms with E-state index in [0.29, 0.717) is 23.4 Å². The maximum Gasteiger partial charge on any atom is 0.414 e. The standard InChI is InChI=1S/C23H24FN5O3/c1-15(30)27-11-19-12-29(23(31)32-19)18-6-7-20(21(24)10-18)16-2-4-17(5-3-16)22(25)13-28-9-8-26-14-28/h2-10,14,19,22H,11-13,25H2,1H3,(H,27,30)/t19-,22+/m0/s1. The van der Waals surface area contributed by atoms with Crippen LogP contribution in [0.1, 0.15) is 18.5 Å². The van der Waals surface area contributed by atoms with Crippen LogP contribution in [-0.2, 0) is 16.1 Å². The maximum atomic E-state index is 14.9. The number of aromatic nitrogens is 2. The zero-order valence-electron chi connectivity index (χ0n) is 17.6. The molecule has 1 aliphatic rings. The van der Waals surface area contributed by atoms with Gasteiger partial charge in [0.2, 0.25) is 5.91 Å². The van der Waals surface area contributed by atoms with Crippen molar-refractivity contribution < 1.29 is 18.7 Å². The third-order valence-electron chi connectivity index (χ3n) is 5.33. The molecule has 1 aromatic heterocycles. The minimum atomic E-state index is -0.566. The van der Waals surface area contributed by atoms with E-state index >= 15 is 0 Å². The lowest BCUT2D eigenvalue weighted by Crippen LogP contribution is -2.33. The number of halogens is 1. The van der Waals surface area contributed by atoms with Crippen LogP contribution in [0.3, 0.4) is 0 Å². The molecule has 4 rings (SSSR count). The summed E-state index contributed by atoms with van der Waals surface area (Å²) in [5.74, 6) is -0.653. The molecule has 2 amide bonds. The molecule has 166 valence electrons. The highest BCUT2D eigenvalue weighted by Gasteiger charge is 2.32. The Labute approximate surface area is 184 Å². The van der Waals surface area contributed by atoms with Crippen molar-refractivity contribution in [2.75, 3.05) is 18.0 Å². The third kappa shape index (κ3) is 4.78. The Kier molecular flexibility index (Phi) is 6.18. The molecule has 2 aromatic carbocycles. The van der Waals surface area contributed by atoms with Crippen LogP contribution in [0.2, 0.25) is 0 Å². The number of anilines is 1. The molecular weight excluding hydrogens is 413 g/mol. The average molecular weight is 437 g/mol. The van der Waals surface area contributed by atoms with Gasteiger partial charge in [0, 0.05) is 37.5 Å². The van der Waals surface area contributed by atoms with Gasteiger partial charge in [0.05, 0.1) is 25.1 Å². The average Bonchev–Trinajstić information content (AvgIpc) is 3.41. The van der Waals surface area contributed by atoms with Gasteiger partial charge in [0.15, 0.2) is 0 Å². The first-order valence-electron chi connectivity index (χ1n) is 10.2. The molecule has 0 unspecified atom stereocenters. The predicted octanol–water partition coefficient (Wildman–Crippen LogP) is 2.85. The summed E-state index contributed by atoms with van der Waals surface area (Å²) >= 11 is 0. The molecule has 1 aliphatic heterocycles. The SMILES string of the molecule is CC(=O)NC[C@H]1CN(c2ccc(-c3ccc([C@H](N)Cn4ccnc4)cc3)c(F)c2)C(=O)O1. The van der Waals surface area contributed by atoms with E-state index in [0.717, 1.165) is 5.56 Å². The number of hydrogen-bond donors (Lipinski definition) is 2. The number of nitrogens with zero attached hydrogens (tertiary/aromatic N) is 3. The van der Waals surface area contributed by atoms with Gasteiger partial charge in [-0.2, -0.15) is 0 Å². The van der Waals surface area contributed by atoms with Gasteiger partial charge in [0.25, 0.3) is 0 Å². The van der Waals surface area contributed by atoms with Crippen LogP contribution in [0.5, 0.6) is 0 Å². The third-order valence-corrected chi connectivity index (χ3v) is 5.33. The number of ether oxygens (including phenoxy) is 1. The summed E-state index contributed by atoms with van der Waals surface area (Å²) in [5.41, 5.74) is 8.73. The van der Waals surface area contributed by atoms with Crippen LogP contribution >= 0.6 is 0 Å². The van der Waals surface area contributed by atoms with E-state index < -0.39 is 18.0 Å². The number of carbonyl (C=O) groups is 2. The van der Waals surface area contributed by atoms with E-state index in [1.807, 2.05) is 35.0 Å². The van der Waals surface area contributed by atoms with Crippen LogP contribution in [-0.4, -0.2) is 40.7 Å². The zero-order valence-corrected chi connectivity index (χ0v) is 17.6. The molecule has 3 aromatic rings. The summed E-state index contributed by atoms with van der Waals surface area (Å²) in [6, 6.07) is 11.8. The van der Waals surface area contributed by atoms with Gasteiger partial charge >= 0.3 is 6.09 Å². The number of nitrogens with two attached hydrogens (primary N) is 1. The van der Waals surface area contributed by atoms with Crippen molar-refractivity contribution in [1.82, 2.24) is 14.9 Å². The summed E-state index contributed by atoms with van der Waals surface area (Å²) in [4.78, 5) is 28.6. The van der Waals surface area contributed by atoms with Crippen molar-refractivity contribution in [3.8, 4) is 11.1 Å². The lowest BCUT2D eigenvalue weighted by molar-refractivity contribution is -0.119. The van der Waals surface area contributed by atoms with E-state index in [4.69, 9.17) is 10.5 Å². The highest BCUT2D eigenvalue weighted by atomic mass is 19.1. The molecule has 0 bridgehead atoms. The first-order valence-corrected chi connectivity index (χ1v) is 10.2. The van der Waals surface area contributed by atoms with Gasteiger partial charge in [-0.15, -0.1) is 0 Å². The Morgan fingerprint density at radius 2 is 2.09 bits per heavy atom. The second-order valence-corrected chi connectivity index (χ2v) is 7.71. The number of amides is 2. The predicted molar refractivity (Wildman–Crippen MR) is 117 cm³/mol. The van der Waals surface area contributed by atoms with Gasteiger partial charge in [-0.1, -0.05) is 24.3 Å². The summed E-state index contributed by atoms with van der Waals surface area (Å²) in [6.07, 6.45) is 4.22. The smallest absolute Gasteiger partial charge is 0.414 e. The molecule has 3 N–H and O–H groups in total. The summed E-state index contributed by atoms with van der Waals surface area (Å²) < 4.78 is 22.1. The molecule has 1 saturated heterocycles. The second-order valence-electron chi connectivity index (χ2n) is 7.71. The molecular formula is C23H24FN5O3. The second kappa shape index (κ2) is 9.19. The molecule has 0 saturated carbocycles. The Morgan fingerprint density at radius 1 is 1.31 bits per heavy atom. The molecule has 8 nitrogen and oxygen atoms in total. The van der Waals surface area contributed by atoms with E-state index in [1.54, 1.807) is 24.7 Å². The van der Waals surface area contributed by atoms with Crippen molar-refractivity contribution >= 4 is 17.7 Å². The number of imidazole rings is 1. The van der Waals surface area contributed by atoms with E-state index in [1.165, 1.54) is 17.9 Å². The number of cyclic esters (lactones) is 1. The van der Waals surface area contributed by atoms with Crippen LogP contribution in [0.25, 0.3) is 11.1 Å².